The van der Waals surface area contributed by atoms with Crippen molar-refractivity contribution in [1.82, 2.24) is 34.9 Å². The number of primary amides is 1. The van der Waals surface area contributed by atoms with Crippen molar-refractivity contribution in [3.8, 4) is 0 Å². The summed E-state index contributed by atoms with van der Waals surface area (Å²) in [4.78, 5) is 108. The van der Waals surface area contributed by atoms with Gasteiger partial charge in [0.1, 0.15) is 24.2 Å². The zero-order valence-corrected chi connectivity index (χ0v) is 37.9. The molecule has 3 aromatic carbocycles. The molecule has 5 atom stereocenters. The molecule has 17 heteroatoms. The van der Waals surface area contributed by atoms with Gasteiger partial charge in [-0.3, -0.25) is 48.0 Å². The van der Waals surface area contributed by atoms with E-state index in [0.717, 1.165) is 47.9 Å². The Morgan fingerprint density at radius 2 is 1.52 bits per heavy atom. The number of imide groups is 1. The van der Waals surface area contributed by atoms with Crippen LogP contribution in [0.1, 0.15) is 118 Å². The van der Waals surface area contributed by atoms with Crippen LogP contribution in [0, 0.1) is 5.92 Å². The zero-order chi connectivity index (χ0) is 47.4. The van der Waals surface area contributed by atoms with E-state index in [2.05, 4.69) is 16.0 Å². The Bertz CT molecular complexity index is 2530. The molecule has 0 bridgehead atoms. The second-order valence-electron chi connectivity index (χ2n) is 18.8. The summed E-state index contributed by atoms with van der Waals surface area (Å²) in [5.74, 6) is -1.99. The lowest BCUT2D eigenvalue weighted by Gasteiger charge is -2.38. The van der Waals surface area contributed by atoms with E-state index in [0.29, 0.717) is 56.0 Å². The molecule has 4 aromatic rings. The number of unbranched alkanes of at least 4 members (excludes halogenated alkanes) is 1. The highest BCUT2D eigenvalue weighted by atomic mass is 16.2. The van der Waals surface area contributed by atoms with Gasteiger partial charge in [-0.25, -0.2) is 4.79 Å². The van der Waals surface area contributed by atoms with Gasteiger partial charge in [-0.2, -0.15) is 0 Å². The lowest BCUT2D eigenvalue weighted by molar-refractivity contribution is -0.145. The van der Waals surface area contributed by atoms with Gasteiger partial charge in [-0.05, 0) is 92.0 Å². The molecule has 4 fully saturated rings. The smallest absolute Gasteiger partial charge is 0.329 e. The fourth-order valence-electron chi connectivity index (χ4n) is 10.6. The quantitative estimate of drug-likeness (QED) is 0.0819. The highest BCUT2D eigenvalue weighted by Gasteiger charge is 2.45. The number of carbonyl (C=O) groups excluding carboxylic acids is 7. The first-order valence-electron chi connectivity index (χ1n) is 23.7. The first kappa shape index (κ1) is 46.9. The van der Waals surface area contributed by atoms with Gasteiger partial charge in [0, 0.05) is 45.4 Å². The maximum atomic E-state index is 14.0. The number of hydrogen-bond acceptors (Lipinski definition) is 9. The molecular weight excluding hydrogens is 855 g/mol. The maximum Gasteiger partial charge on any atom is 0.329 e. The van der Waals surface area contributed by atoms with Crippen LogP contribution in [0.2, 0.25) is 0 Å². The number of carbonyl (C=O) groups is 7. The first-order chi connectivity index (χ1) is 32.3. The van der Waals surface area contributed by atoms with Crippen LogP contribution in [0.15, 0.2) is 83.7 Å². The number of nitrogens with two attached hydrogens (primary N) is 2. The number of benzene rings is 3. The lowest BCUT2D eigenvalue weighted by atomic mass is 9.69. The number of fused-ring (bicyclic) bond motifs is 2. The van der Waals surface area contributed by atoms with Crippen molar-refractivity contribution in [1.29, 1.82) is 0 Å². The third kappa shape index (κ3) is 10.4. The second-order valence-corrected chi connectivity index (χ2v) is 18.8. The number of nitrogens with zero attached hydrogens (tertiary/aromatic N) is 4. The van der Waals surface area contributed by atoms with E-state index in [1.807, 2.05) is 78.9 Å². The minimum absolute atomic E-state index is 0.0294. The highest BCUT2D eigenvalue weighted by Crippen LogP contribution is 2.45. The van der Waals surface area contributed by atoms with Crippen molar-refractivity contribution in [3.63, 3.8) is 0 Å². The molecule has 0 spiro atoms. The lowest BCUT2D eigenvalue weighted by Crippen LogP contribution is -2.60. The normalized spacial score (nSPS) is 23.5. The van der Waals surface area contributed by atoms with Crippen LogP contribution in [0.3, 0.4) is 0 Å². The van der Waals surface area contributed by atoms with Crippen LogP contribution in [-0.4, -0.2) is 97.5 Å². The molecule has 7 amide bonds. The molecule has 7 N–H and O–H groups in total. The van der Waals surface area contributed by atoms with E-state index in [4.69, 9.17) is 11.5 Å². The van der Waals surface area contributed by atoms with Crippen molar-refractivity contribution >= 4 is 52.4 Å². The molecule has 1 saturated carbocycles. The standard InChI is InChI=1S/C50H61N9O8/c1-56-41-28-33(16-19-38(41)59(50(56)67)40-21-23-43(61)54-48(40)65)34-26-30(27-34)10-8-9-15-44(62)57-25-24-35-17-20-39(58(35)49(66)36(51)29-57)47(64)53-37(18-22-42(52)60)46(63)55-45(31-11-4-2-5-12-31)32-13-6-3-7-14-32/h2-7,11-14,16,19,28,30,34-37,39-40,45H,8-10,15,17-18,20-27,29,51H2,1H3,(H2,52,60)(H,53,64)(H,55,63)(H,54,61,65)/t30?,34?,35-,36+,37?,39+,40?/m1/s1. The fraction of sp³-hybridized carbons (Fsp3) is 0.480. The topological polar surface area (TPSA) is 241 Å². The summed E-state index contributed by atoms with van der Waals surface area (Å²) in [6.07, 6.45) is 6.62. The first-order valence-corrected chi connectivity index (χ1v) is 23.7. The van der Waals surface area contributed by atoms with Crippen LogP contribution < -0.4 is 33.1 Å². The van der Waals surface area contributed by atoms with Crippen molar-refractivity contribution < 1.29 is 33.6 Å². The SMILES string of the molecule is Cn1c(=O)n(C2CCC(=O)NC2=O)c2ccc(C3CC(CCCCC(=O)N4CC[C@H]5CC[C@@H](C(=O)NC(CCC(N)=O)C(=O)NC(c6ccccc6)c6ccccc6)N5C(=O)[C@@H](N)C4)C3)cc21. The minimum atomic E-state index is -1.10. The number of aryl methyl sites for hydroxylation is 1. The van der Waals surface area contributed by atoms with Crippen LogP contribution in [0.5, 0.6) is 0 Å². The van der Waals surface area contributed by atoms with Crippen molar-refractivity contribution in [2.75, 3.05) is 13.1 Å². The molecule has 1 aliphatic carbocycles. The summed E-state index contributed by atoms with van der Waals surface area (Å²) in [6, 6.07) is 20.3. The largest absolute Gasteiger partial charge is 0.370 e. The van der Waals surface area contributed by atoms with Crippen molar-refractivity contribution in [2.24, 2.45) is 24.4 Å². The maximum absolute atomic E-state index is 14.0. The fourth-order valence-corrected chi connectivity index (χ4v) is 10.6. The Hall–Kier alpha value is -6.62. The molecule has 8 rings (SSSR count). The molecule has 354 valence electrons. The van der Waals surface area contributed by atoms with Crippen LogP contribution >= 0.6 is 0 Å². The minimum Gasteiger partial charge on any atom is -0.370 e. The Morgan fingerprint density at radius 3 is 2.19 bits per heavy atom. The van der Waals surface area contributed by atoms with Crippen molar-refractivity contribution in [3.05, 3.63) is 106 Å². The Balaban J connectivity index is 0.811. The molecular formula is C50H61N9O8. The molecule has 0 radical (unpaired) electrons. The summed E-state index contributed by atoms with van der Waals surface area (Å²) < 4.78 is 3.06. The summed E-state index contributed by atoms with van der Waals surface area (Å²) in [7, 11) is 1.70. The van der Waals surface area contributed by atoms with Gasteiger partial charge >= 0.3 is 5.69 Å². The molecule has 4 aliphatic rings. The van der Waals surface area contributed by atoms with Gasteiger partial charge in [-0.1, -0.05) is 79.6 Å². The second kappa shape index (κ2) is 20.5. The highest BCUT2D eigenvalue weighted by molar-refractivity contribution is 6.00. The summed E-state index contributed by atoms with van der Waals surface area (Å²) in [5.41, 5.74) is 15.9. The summed E-state index contributed by atoms with van der Waals surface area (Å²) in [5, 5.41) is 8.26. The molecule has 4 heterocycles. The number of aromatic nitrogens is 2. The zero-order valence-electron chi connectivity index (χ0n) is 37.9. The van der Waals surface area contributed by atoms with Gasteiger partial charge in [0.15, 0.2) is 0 Å². The molecule has 3 aliphatic heterocycles. The van der Waals surface area contributed by atoms with E-state index in [-0.39, 0.29) is 55.8 Å². The number of piperidine rings is 1. The molecule has 1 aromatic heterocycles. The van der Waals surface area contributed by atoms with E-state index in [1.165, 1.54) is 4.57 Å². The number of imidazole rings is 1. The molecule has 3 saturated heterocycles. The van der Waals surface area contributed by atoms with Gasteiger partial charge in [0.25, 0.3) is 0 Å². The molecule has 2 unspecified atom stereocenters. The predicted molar refractivity (Wildman–Crippen MR) is 249 cm³/mol. The average molecular weight is 916 g/mol. The van der Waals surface area contributed by atoms with Crippen LogP contribution in [-0.2, 0) is 40.6 Å². The van der Waals surface area contributed by atoms with Crippen LogP contribution in [0.25, 0.3) is 11.0 Å². The number of amides is 7. The summed E-state index contributed by atoms with van der Waals surface area (Å²) in [6.45, 7) is 0.437. The number of nitrogens with one attached hydrogen (secondary N) is 3. The summed E-state index contributed by atoms with van der Waals surface area (Å²) >= 11 is 0. The predicted octanol–water partition coefficient (Wildman–Crippen LogP) is 2.95. The van der Waals surface area contributed by atoms with Crippen LogP contribution in [0.4, 0.5) is 0 Å². The van der Waals surface area contributed by atoms with Gasteiger partial charge in [-0.15, -0.1) is 0 Å². The molecule has 17 nitrogen and oxygen atoms in total. The van der Waals surface area contributed by atoms with Gasteiger partial charge < -0.3 is 31.9 Å². The number of rotatable bonds is 16. The van der Waals surface area contributed by atoms with Crippen molar-refractivity contribution in [2.45, 2.75) is 126 Å². The molecule has 67 heavy (non-hydrogen) atoms. The average Bonchev–Trinajstić information content (AvgIpc) is 3.84. The van der Waals surface area contributed by atoms with Gasteiger partial charge in [0.2, 0.25) is 41.4 Å². The van der Waals surface area contributed by atoms with E-state index in [1.54, 1.807) is 21.4 Å². The number of hydrogen-bond donors (Lipinski definition) is 5. The third-order valence-corrected chi connectivity index (χ3v) is 14.3. The monoisotopic (exact) mass is 915 g/mol. The third-order valence-electron chi connectivity index (χ3n) is 14.3. The Morgan fingerprint density at radius 1 is 0.821 bits per heavy atom. The van der Waals surface area contributed by atoms with E-state index in [9.17, 15) is 38.4 Å². The van der Waals surface area contributed by atoms with E-state index >= 15 is 0 Å². The Labute approximate surface area is 389 Å². The van der Waals surface area contributed by atoms with E-state index < -0.39 is 59.7 Å². The Kier molecular flexibility index (Phi) is 14.3. The van der Waals surface area contributed by atoms with Gasteiger partial charge in [0.05, 0.1) is 17.1 Å².